The quantitative estimate of drug-likeness (QED) is 0.698. The van der Waals surface area contributed by atoms with Crippen molar-refractivity contribution in [2.45, 2.75) is 25.2 Å². The van der Waals surface area contributed by atoms with Gasteiger partial charge in [-0.15, -0.1) is 5.92 Å². The average Bonchev–Trinajstić information content (AvgIpc) is 3.04. The van der Waals surface area contributed by atoms with Gasteiger partial charge in [-0.2, -0.15) is 0 Å². The lowest BCUT2D eigenvalue weighted by atomic mass is 9.76. The Morgan fingerprint density at radius 1 is 0.968 bits per heavy atom. The Labute approximate surface area is 185 Å². The molecular formula is C26H31N3O2. The molecule has 0 saturated carbocycles. The predicted octanol–water partition coefficient (Wildman–Crippen LogP) is 3.54. The van der Waals surface area contributed by atoms with Crippen LogP contribution in [0.15, 0.2) is 48.5 Å². The Balaban J connectivity index is 1.37. The second-order valence-corrected chi connectivity index (χ2v) is 8.28. The number of rotatable bonds is 5. The minimum atomic E-state index is -0.513. The van der Waals surface area contributed by atoms with Gasteiger partial charge in [-0.25, -0.2) is 0 Å². The number of anilines is 2. The molecule has 1 fully saturated rings. The third-order valence-corrected chi connectivity index (χ3v) is 6.71. The number of fused-ring (bicyclic) bond motifs is 1. The molecule has 4 rings (SSSR count). The van der Waals surface area contributed by atoms with Crippen LogP contribution in [0, 0.1) is 11.8 Å². The molecule has 0 spiro atoms. The fourth-order valence-corrected chi connectivity index (χ4v) is 4.77. The van der Waals surface area contributed by atoms with Gasteiger partial charge in [0, 0.05) is 45.3 Å². The van der Waals surface area contributed by atoms with E-state index in [1.807, 2.05) is 37.4 Å². The van der Waals surface area contributed by atoms with Crippen LogP contribution in [0.5, 0.6) is 5.75 Å². The van der Waals surface area contributed by atoms with Crippen molar-refractivity contribution < 1.29 is 9.53 Å². The Kier molecular flexibility index (Phi) is 6.20. The number of amides is 1. The highest BCUT2D eigenvalue weighted by Gasteiger charge is 2.47. The zero-order valence-corrected chi connectivity index (χ0v) is 18.7. The van der Waals surface area contributed by atoms with Crippen LogP contribution in [0.25, 0.3) is 0 Å². The van der Waals surface area contributed by atoms with Gasteiger partial charge in [-0.1, -0.05) is 43.2 Å². The van der Waals surface area contributed by atoms with E-state index in [4.69, 9.17) is 4.74 Å². The van der Waals surface area contributed by atoms with Crippen LogP contribution in [0.2, 0.25) is 0 Å². The van der Waals surface area contributed by atoms with Crippen molar-refractivity contribution in [2.24, 2.45) is 0 Å². The smallest absolute Gasteiger partial charge is 0.238 e. The van der Waals surface area contributed by atoms with Gasteiger partial charge in [0.25, 0.3) is 0 Å². The maximum atomic E-state index is 13.1. The van der Waals surface area contributed by atoms with Crippen LogP contribution in [-0.2, 0) is 10.2 Å². The second kappa shape index (κ2) is 9.03. The number of nitrogens with zero attached hydrogens (tertiary/aromatic N) is 3. The number of likely N-dealkylation sites (N-methyl/N-ethyl adjacent to an activating group) is 1. The van der Waals surface area contributed by atoms with Gasteiger partial charge in [-0.05, 0) is 30.2 Å². The van der Waals surface area contributed by atoms with E-state index in [1.165, 1.54) is 0 Å². The average molecular weight is 418 g/mol. The van der Waals surface area contributed by atoms with Crippen LogP contribution < -0.4 is 14.5 Å². The standard InChI is InChI=1S/C26H31N3O2/c1-4-26(21-11-5-6-12-22(21)27(2)25(26)30)15-9-10-16-28-17-19-29(20-18-28)23-13-7-8-14-24(23)31-3/h5-8,11-14H,4,15-20H2,1-3H3. The van der Waals surface area contributed by atoms with E-state index in [0.717, 1.165) is 61.8 Å². The molecule has 2 aliphatic heterocycles. The molecule has 1 amide bonds. The van der Waals surface area contributed by atoms with Crippen LogP contribution >= 0.6 is 0 Å². The maximum absolute atomic E-state index is 13.1. The monoisotopic (exact) mass is 417 g/mol. The van der Waals surface area contributed by atoms with E-state index < -0.39 is 5.41 Å². The SMILES string of the molecule is CCC1(CC#CCN2CCN(c3ccccc3OC)CC2)C(=O)N(C)c2ccccc21. The molecule has 2 aliphatic rings. The predicted molar refractivity (Wildman–Crippen MR) is 126 cm³/mol. The molecule has 0 aromatic heterocycles. The molecule has 1 unspecified atom stereocenters. The Morgan fingerprint density at radius 3 is 2.35 bits per heavy atom. The minimum absolute atomic E-state index is 0.163. The Hall–Kier alpha value is -2.97. The zero-order valence-electron chi connectivity index (χ0n) is 18.7. The molecule has 0 N–H and O–H groups in total. The first kappa shape index (κ1) is 21.3. The highest BCUT2D eigenvalue weighted by atomic mass is 16.5. The van der Waals surface area contributed by atoms with Crippen molar-refractivity contribution in [3.8, 4) is 17.6 Å². The number of piperazine rings is 1. The lowest BCUT2D eigenvalue weighted by Gasteiger charge is -2.35. The van der Waals surface area contributed by atoms with E-state index in [9.17, 15) is 4.79 Å². The molecule has 0 aliphatic carbocycles. The highest BCUT2D eigenvalue weighted by Crippen LogP contribution is 2.45. The summed E-state index contributed by atoms with van der Waals surface area (Å²) in [6.07, 6.45) is 1.34. The van der Waals surface area contributed by atoms with Gasteiger partial charge in [-0.3, -0.25) is 9.69 Å². The van der Waals surface area contributed by atoms with Gasteiger partial charge in [0.1, 0.15) is 5.75 Å². The molecule has 5 nitrogen and oxygen atoms in total. The number of hydrogen-bond donors (Lipinski definition) is 0. The fourth-order valence-electron chi connectivity index (χ4n) is 4.77. The molecule has 2 aromatic carbocycles. The molecule has 1 saturated heterocycles. The second-order valence-electron chi connectivity index (χ2n) is 8.28. The first-order valence-electron chi connectivity index (χ1n) is 11.0. The lowest BCUT2D eigenvalue weighted by molar-refractivity contribution is -0.122. The van der Waals surface area contributed by atoms with E-state index >= 15 is 0 Å². The highest BCUT2D eigenvalue weighted by molar-refractivity contribution is 6.07. The minimum Gasteiger partial charge on any atom is -0.495 e. The number of hydrogen-bond acceptors (Lipinski definition) is 4. The summed E-state index contributed by atoms with van der Waals surface area (Å²) in [7, 11) is 3.59. The summed E-state index contributed by atoms with van der Waals surface area (Å²) in [5, 5.41) is 0. The van der Waals surface area contributed by atoms with Crippen LogP contribution in [0.1, 0.15) is 25.3 Å². The summed E-state index contributed by atoms with van der Waals surface area (Å²) in [5.74, 6) is 7.78. The van der Waals surface area contributed by atoms with Gasteiger partial charge in [0.2, 0.25) is 5.91 Å². The third kappa shape index (κ3) is 3.88. The fraction of sp³-hybridized carbons (Fsp3) is 0.423. The van der Waals surface area contributed by atoms with Crippen LogP contribution in [-0.4, -0.2) is 57.7 Å². The molecule has 162 valence electrons. The molecule has 0 radical (unpaired) electrons. The Bertz CT molecular complexity index is 1000. The van der Waals surface area contributed by atoms with E-state index in [2.05, 4.69) is 46.8 Å². The number of methoxy groups -OCH3 is 1. The third-order valence-electron chi connectivity index (χ3n) is 6.71. The van der Waals surface area contributed by atoms with E-state index in [1.54, 1.807) is 12.0 Å². The van der Waals surface area contributed by atoms with Crippen molar-refractivity contribution in [2.75, 3.05) is 56.7 Å². The summed E-state index contributed by atoms with van der Waals surface area (Å²) in [5.41, 5.74) is 2.78. The van der Waals surface area contributed by atoms with E-state index in [0.29, 0.717) is 6.42 Å². The van der Waals surface area contributed by atoms with Gasteiger partial charge < -0.3 is 14.5 Å². The molecule has 31 heavy (non-hydrogen) atoms. The van der Waals surface area contributed by atoms with Crippen molar-refractivity contribution >= 4 is 17.3 Å². The zero-order chi connectivity index (χ0) is 21.8. The first-order valence-corrected chi connectivity index (χ1v) is 11.0. The number of carbonyl (C=O) groups excluding carboxylic acids is 1. The largest absolute Gasteiger partial charge is 0.495 e. The molecule has 1 atom stereocenters. The number of ether oxygens (including phenoxy) is 1. The van der Waals surface area contributed by atoms with Crippen molar-refractivity contribution in [1.29, 1.82) is 0 Å². The maximum Gasteiger partial charge on any atom is 0.238 e. The van der Waals surface area contributed by atoms with Gasteiger partial charge >= 0.3 is 0 Å². The summed E-state index contributed by atoms with van der Waals surface area (Å²) < 4.78 is 5.51. The number of para-hydroxylation sites is 3. The normalized spacial score (nSPS) is 20.9. The molecular weight excluding hydrogens is 386 g/mol. The van der Waals surface area contributed by atoms with Crippen molar-refractivity contribution in [1.82, 2.24) is 4.90 Å². The Morgan fingerprint density at radius 2 is 1.65 bits per heavy atom. The van der Waals surface area contributed by atoms with E-state index in [-0.39, 0.29) is 5.91 Å². The van der Waals surface area contributed by atoms with Crippen molar-refractivity contribution in [3.63, 3.8) is 0 Å². The van der Waals surface area contributed by atoms with Gasteiger partial charge in [0.05, 0.1) is 24.8 Å². The molecule has 0 bridgehead atoms. The topological polar surface area (TPSA) is 36.0 Å². The van der Waals surface area contributed by atoms with Crippen LogP contribution in [0.3, 0.4) is 0 Å². The summed E-state index contributed by atoms with van der Waals surface area (Å²) >= 11 is 0. The summed E-state index contributed by atoms with van der Waals surface area (Å²) in [6.45, 7) is 6.68. The molecule has 2 aromatic rings. The van der Waals surface area contributed by atoms with Crippen molar-refractivity contribution in [3.05, 3.63) is 54.1 Å². The molecule has 2 heterocycles. The number of benzene rings is 2. The van der Waals surface area contributed by atoms with Gasteiger partial charge in [0.15, 0.2) is 0 Å². The lowest BCUT2D eigenvalue weighted by Crippen LogP contribution is -2.46. The summed E-state index contributed by atoms with van der Waals surface area (Å²) in [6, 6.07) is 16.3. The molecule has 5 heteroatoms. The van der Waals surface area contributed by atoms with Crippen LogP contribution in [0.4, 0.5) is 11.4 Å². The summed E-state index contributed by atoms with van der Waals surface area (Å²) in [4.78, 5) is 19.6. The number of carbonyl (C=O) groups is 1. The first-order chi connectivity index (χ1) is 15.1.